The second-order valence-corrected chi connectivity index (χ2v) is 9.16. The summed E-state index contributed by atoms with van der Waals surface area (Å²) in [6.07, 6.45) is 6.54. The van der Waals surface area contributed by atoms with Crippen LogP contribution in [0.15, 0.2) is 35.6 Å². The smallest absolute Gasteiger partial charge is 0.255 e. The lowest BCUT2D eigenvalue weighted by atomic mass is 9.97. The van der Waals surface area contributed by atoms with Crippen LogP contribution in [0.1, 0.15) is 55.2 Å². The van der Waals surface area contributed by atoms with Gasteiger partial charge in [0.15, 0.2) is 11.6 Å². The first-order valence-corrected chi connectivity index (χ1v) is 12.8. The third-order valence-electron chi connectivity index (χ3n) is 6.01. The molecule has 1 N–H and O–H groups in total. The van der Waals surface area contributed by atoms with Crippen molar-refractivity contribution in [2.75, 3.05) is 30.1 Å². The zero-order valence-electron chi connectivity index (χ0n) is 19.7. The second kappa shape index (κ2) is 11.6. The molecule has 9 heteroatoms. The predicted octanol–water partition coefficient (Wildman–Crippen LogP) is 4.49. The summed E-state index contributed by atoms with van der Waals surface area (Å²) in [6.45, 7) is 7.55. The molecule has 1 aliphatic rings. The van der Waals surface area contributed by atoms with Gasteiger partial charge < -0.3 is 15.0 Å². The number of carbonyl (C=O) groups excluding carboxylic acids is 2. The van der Waals surface area contributed by atoms with Gasteiger partial charge in [-0.05, 0) is 59.9 Å². The number of rotatable bonds is 7. The normalized spacial score (nSPS) is 15.5. The Hall–Kier alpha value is -2.43. The van der Waals surface area contributed by atoms with Crippen LogP contribution in [-0.2, 0) is 0 Å². The molecule has 0 aromatic carbocycles. The van der Waals surface area contributed by atoms with Gasteiger partial charge in [-0.1, -0.05) is 20.8 Å². The van der Waals surface area contributed by atoms with Crippen LogP contribution in [0.2, 0.25) is 0 Å². The predicted molar refractivity (Wildman–Crippen MR) is 137 cm³/mol. The SMILES string of the molecule is CN=c1cc(Nc2ncc(C(=O)N3CCCCC3)cc2OCI)ccn1C(=O)C(C)C(C)C. The number of ether oxygens (including phenoxy) is 1. The Morgan fingerprint density at radius 2 is 1.94 bits per heavy atom. The summed E-state index contributed by atoms with van der Waals surface area (Å²) in [5, 5.41) is 3.25. The van der Waals surface area contributed by atoms with E-state index in [-0.39, 0.29) is 23.7 Å². The molecule has 2 aromatic heterocycles. The largest absolute Gasteiger partial charge is 0.479 e. The number of likely N-dealkylation sites (tertiary alicyclic amines) is 1. The van der Waals surface area contributed by atoms with Crippen LogP contribution >= 0.6 is 22.6 Å². The Morgan fingerprint density at radius 3 is 2.58 bits per heavy atom. The Balaban J connectivity index is 1.86. The van der Waals surface area contributed by atoms with Crippen LogP contribution in [-0.4, -0.2) is 51.0 Å². The fourth-order valence-corrected chi connectivity index (χ4v) is 4.00. The van der Waals surface area contributed by atoms with Gasteiger partial charge >= 0.3 is 0 Å². The monoisotopic (exact) mass is 565 g/mol. The molecule has 8 nitrogen and oxygen atoms in total. The van der Waals surface area contributed by atoms with Crippen molar-refractivity contribution >= 4 is 45.9 Å². The highest BCUT2D eigenvalue weighted by molar-refractivity contribution is 14.1. The molecular formula is C24H32IN5O3. The minimum atomic E-state index is -0.121. The highest BCUT2D eigenvalue weighted by atomic mass is 127. The molecule has 1 unspecified atom stereocenters. The quantitative estimate of drug-likeness (QED) is 0.395. The maximum Gasteiger partial charge on any atom is 0.255 e. The minimum absolute atomic E-state index is 0.00443. The van der Waals surface area contributed by atoms with E-state index >= 15 is 0 Å². The highest BCUT2D eigenvalue weighted by Gasteiger charge is 2.21. The zero-order valence-corrected chi connectivity index (χ0v) is 21.8. The van der Waals surface area contributed by atoms with E-state index in [1.807, 2.05) is 31.7 Å². The molecule has 0 saturated carbocycles. The molecule has 1 amide bonds. The van der Waals surface area contributed by atoms with Gasteiger partial charge in [-0.25, -0.2) is 4.98 Å². The minimum Gasteiger partial charge on any atom is -0.479 e. The summed E-state index contributed by atoms with van der Waals surface area (Å²) < 4.78 is 7.77. The van der Waals surface area contributed by atoms with E-state index in [0.717, 1.165) is 31.6 Å². The lowest BCUT2D eigenvalue weighted by Gasteiger charge is -2.26. The number of piperidine rings is 1. The number of anilines is 2. The van der Waals surface area contributed by atoms with E-state index in [1.54, 1.807) is 36.1 Å². The Kier molecular flexibility index (Phi) is 8.87. The summed E-state index contributed by atoms with van der Waals surface area (Å²) >= 11 is 2.12. The van der Waals surface area contributed by atoms with E-state index < -0.39 is 0 Å². The van der Waals surface area contributed by atoms with Gasteiger partial charge in [0.1, 0.15) is 10.1 Å². The molecule has 1 atom stereocenters. The average Bonchev–Trinajstić information content (AvgIpc) is 2.84. The maximum absolute atomic E-state index is 12.9. The molecular weight excluding hydrogens is 533 g/mol. The van der Waals surface area contributed by atoms with Gasteiger partial charge in [-0.3, -0.25) is 19.1 Å². The van der Waals surface area contributed by atoms with Crippen LogP contribution in [0.25, 0.3) is 0 Å². The van der Waals surface area contributed by atoms with Crippen molar-refractivity contribution in [2.24, 2.45) is 16.8 Å². The lowest BCUT2D eigenvalue weighted by Crippen LogP contribution is -2.35. The summed E-state index contributed by atoms with van der Waals surface area (Å²) in [6, 6.07) is 5.35. The van der Waals surface area contributed by atoms with Crippen LogP contribution in [0, 0.1) is 11.8 Å². The Labute approximate surface area is 208 Å². The van der Waals surface area contributed by atoms with E-state index in [9.17, 15) is 9.59 Å². The number of carbonyl (C=O) groups is 2. The Morgan fingerprint density at radius 1 is 1.21 bits per heavy atom. The lowest BCUT2D eigenvalue weighted by molar-refractivity contribution is 0.0723. The number of pyridine rings is 2. The molecule has 1 fully saturated rings. The number of halogens is 1. The maximum atomic E-state index is 12.9. The van der Waals surface area contributed by atoms with Gasteiger partial charge in [-0.15, -0.1) is 0 Å². The molecule has 178 valence electrons. The topological polar surface area (TPSA) is 88.8 Å². The molecule has 2 aromatic rings. The third kappa shape index (κ3) is 6.13. The molecule has 0 aliphatic carbocycles. The number of hydrogen-bond donors (Lipinski definition) is 1. The van der Waals surface area contributed by atoms with Crippen molar-refractivity contribution in [3.05, 3.63) is 41.6 Å². The molecule has 33 heavy (non-hydrogen) atoms. The van der Waals surface area contributed by atoms with Crippen LogP contribution in [0.3, 0.4) is 0 Å². The first-order valence-electron chi connectivity index (χ1n) is 11.3. The van der Waals surface area contributed by atoms with Crippen molar-refractivity contribution in [1.29, 1.82) is 0 Å². The third-order valence-corrected chi connectivity index (χ3v) is 6.32. The Bertz CT molecular complexity index is 1060. The van der Waals surface area contributed by atoms with Crippen molar-refractivity contribution in [1.82, 2.24) is 14.5 Å². The van der Waals surface area contributed by atoms with Crippen molar-refractivity contribution in [2.45, 2.75) is 40.0 Å². The fourth-order valence-electron chi connectivity index (χ4n) is 3.67. The van der Waals surface area contributed by atoms with Gasteiger partial charge in [0.25, 0.3) is 5.91 Å². The van der Waals surface area contributed by atoms with Crippen LogP contribution < -0.4 is 15.5 Å². The number of hydrogen-bond acceptors (Lipinski definition) is 6. The van der Waals surface area contributed by atoms with Crippen molar-refractivity contribution in [3.63, 3.8) is 0 Å². The molecule has 3 rings (SSSR count). The number of amides is 1. The number of nitrogens with zero attached hydrogens (tertiary/aromatic N) is 4. The summed E-state index contributed by atoms with van der Waals surface area (Å²) in [4.78, 5) is 36.3. The summed E-state index contributed by atoms with van der Waals surface area (Å²) in [7, 11) is 1.66. The van der Waals surface area contributed by atoms with Gasteiger partial charge in [0.05, 0.1) is 5.56 Å². The summed E-state index contributed by atoms with van der Waals surface area (Å²) in [5.74, 6) is 1.11. The zero-order chi connectivity index (χ0) is 24.0. The number of alkyl halides is 1. The van der Waals surface area contributed by atoms with E-state index in [1.165, 1.54) is 6.42 Å². The van der Waals surface area contributed by atoms with Gasteiger partial charge in [0, 0.05) is 50.2 Å². The first kappa shape index (κ1) is 25.2. The van der Waals surface area contributed by atoms with E-state index in [0.29, 0.717) is 27.2 Å². The summed E-state index contributed by atoms with van der Waals surface area (Å²) in [5.41, 5.74) is 1.79. The molecule has 0 bridgehead atoms. The van der Waals surface area contributed by atoms with Crippen LogP contribution in [0.5, 0.6) is 5.75 Å². The second-order valence-electron chi connectivity index (χ2n) is 8.54. The first-order chi connectivity index (χ1) is 15.8. The fraction of sp³-hybridized carbons (Fsp3) is 0.500. The van der Waals surface area contributed by atoms with E-state index in [2.05, 4.69) is 37.9 Å². The highest BCUT2D eigenvalue weighted by Crippen LogP contribution is 2.27. The number of nitrogens with one attached hydrogen (secondary N) is 1. The van der Waals surface area contributed by atoms with Crippen LogP contribution in [0.4, 0.5) is 11.5 Å². The standard InChI is InChI=1S/C24H32IN5O3/c1-16(2)17(3)23(31)30-11-8-19(13-21(30)26-4)28-22-20(33-15-25)12-18(14-27-22)24(32)29-9-6-5-7-10-29/h8,11-14,16-17H,5-7,9-10,15H2,1-4H3,(H,27,28). The molecule has 0 spiro atoms. The molecule has 0 radical (unpaired) electrons. The number of aromatic nitrogens is 2. The van der Waals surface area contributed by atoms with Crippen molar-refractivity contribution < 1.29 is 14.3 Å². The molecule has 3 heterocycles. The average molecular weight is 565 g/mol. The van der Waals surface area contributed by atoms with Gasteiger partial charge in [-0.2, -0.15) is 0 Å². The van der Waals surface area contributed by atoms with Crippen molar-refractivity contribution in [3.8, 4) is 5.75 Å². The van der Waals surface area contributed by atoms with Gasteiger partial charge in [0.2, 0.25) is 5.91 Å². The molecule has 1 aliphatic heterocycles. The molecule has 1 saturated heterocycles. The van der Waals surface area contributed by atoms with E-state index in [4.69, 9.17) is 4.74 Å².